The highest BCUT2D eigenvalue weighted by Gasteiger charge is 2.31. The van der Waals surface area contributed by atoms with E-state index in [-0.39, 0.29) is 0 Å². The zero-order chi connectivity index (χ0) is 9.59. The molecule has 0 radical (unpaired) electrons. The van der Waals surface area contributed by atoms with Gasteiger partial charge in [-0.05, 0) is 55.2 Å². The number of rotatable bonds is 2. The third kappa shape index (κ3) is 1.56. The Morgan fingerprint density at radius 1 is 1.62 bits per heavy atom. The highest BCUT2D eigenvalue weighted by Crippen LogP contribution is 2.40. The minimum atomic E-state index is 0.474. The summed E-state index contributed by atoms with van der Waals surface area (Å²) in [6.07, 6.45) is 2.66. The summed E-state index contributed by atoms with van der Waals surface area (Å²) in [7, 11) is 0. The lowest BCUT2D eigenvalue weighted by atomic mass is 10.2. The summed E-state index contributed by atoms with van der Waals surface area (Å²) in [5.41, 5.74) is 7.01. The van der Waals surface area contributed by atoms with Crippen molar-refractivity contribution in [3.63, 3.8) is 0 Å². The van der Waals surface area contributed by atoms with Gasteiger partial charge in [0.15, 0.2) is 0 Å². The molecule has 1 unspecified atom stereocenters. The molecular weight excluding hydrogens is 277 g/mol. The second kappa shape index (κ2) is 3.15. The van der Waals surface area contributed by atoms with E-state index in [4.69, 9.17) is 5.73 Å². The van der Waals surface area contributed by atoms with E-state index < -0.39 is 0 Å². The van der Waals surface area contributed by atoms with Gasteiger partial charge in [-0.15, -0.1) is 0 Å². The molecule has 2 rings (SSSR count). The normalized spacial score (nSPS) is 19.0. The molecular formula is C9H14IN3. The van der Waals surface area contributed by atoms with Gasteiger partial charge in [0.25, 0.3) is 0 Å². The first-order chi connectivity index (χ1) is 6.11. The van der Waals surface area contributed by atoms with Crippen LogP contribution in [0.25, 0.3) is 0 Å². The molecule has 4 heteroatoms. The summed E-state index contributed by atoms with van der Waals surface area (Å²) in [5.74, 6) is 1.63. The largest absolute Gasteiger partial charge is 0.383 e. The smallest absolute Gasteiger partial charge is 0.135 e. The SMILES string of the molecule is Cc1nn(C(C)C2CC2)c(N)c1I. The molecule has 1 atom stereocenters. The van der Waals surface area contributed by atoms with Gasteiger partial charge in [-0.2, -0.15) is 5.10 Å². The van der Waals surface area contributed by atoms with Crippen LogP contribution in [0.15, 0.2) is 0 Å². The number of hydrogen-bond donors (Lipinski definition) is 1. The van der Waals surface area contributed by atoms with Crippen LogP contribution in [0.1, 0.15) is 31.5 Å². The van der Waals surface area contributed by atoms with Gasteiger partial charge in [-0.1, -0.05) is 0 Å². The first-order valence-corrected chi connectivity index (χ1v) is 5.69. The van der Waals surface area contributed by atoms with Crippen molar-refractivity contribution >= 4 is 28.4 Å². The van der Waals surface area contributed by atoms with E-state index in [0.29, 0.717) is 6.04 Å². The summed E-state index contributed by atoms with van der Waals surface area (Å²) in [6.45, 7) is 4.21. The molecule has 0 saturated heterocycles. The summed E-state index contributed by atoms with van der Waals surface area (Å²) >= 11 is 2.26. The summed E-state index contributed by atoms with van der Waals surface area (Å²) in [4.78, 5) is 0. The Morgan fingerprint density at radius 2 is 2.23 bits per heavy atom. The maximum absolute atomic E-state index is 5.96. The fourth-order valence-corrected chi connectivity index (χ4v) is 1.99. The molecule has 0 bridgehead atoms. The van der Waals surface area contributed by atoms with Crippen LogP contribution in [-0.2, 0) is 0 Å². The van der Waals surface area contributed by atoms with E-state index in [1.165, 1.54) is 12.8 Å². The van der Waals surface area contributed by atoms with Crippen molar-refractivity contribution in [2.75, 3.05) is 5.73 Å². The summed E-state index contributed by atoms with van der Waals surface area (Å²) in [6, 6.07) is 0.474. The maximum atomic E-state index is 5.96. The van der Waals surface area contributed by atoms with Crippen LogP contribution in [0, 0.1) is 16.4 Å². The lowest BCUT2D eigenvalue weighted by molar-refractivity contribution is 0.444. The molecule has 1 saturated carbocycles. The second-order valence-electron chi connectivity index (χ2n) is 3.81. The molecule has 13 heavy (non-hydrogen) atoms. The van der Waals surface area contributed by atoms with Gasteiger partial charge in [-0.25, -0.2) is 4.68 Å². The quantitative estimate of drug-likeness (QED) is 0.850. The van der Waals surface area contributed by atoms with Crippen LogP contribution in [0.5, 0.6) is 0 Å². The van der Waals surface area contributed by atoms with E-state index >= 15 is 0 Å². The molecule has 1 aromatic heterocycles. The molecule has 3 nitrogen and oxygen atoms in total. The number of aryl methyl sites for hydroxylation is 1. The number of anilines is 1. The number of nitrogens with two attached hydrogens (primary N) is 1. The van der Waals surface area contributed by atoms with Crippen LogP contribution in [0.3, 0.4) is 0 Å². The first kappa shape index (κ1) is 9.30. The lowest BCUT2D eigenvalue weighted by Crippen LogP contribution is -2.12. The van der Waals surface area contributed by atoms with E-state index in [1.54, 1.807) is 0 Å². The monoisotopic (exact) mass is 291 g/mol. The number of nitrogens with zero attached hydrogens (tertiary/aromatic N) is 2. The third-order valence-corrected chi connectivity index (χ3v) is 4.07. The van der Waals surface area contributed by atoms with Gasteiger partial charge in [0, 0.05) is 0 Å². The van der Waals surface area contributed by atoms with Crippen LogP contribution in [0.4, 0.5) is 5.82 Å². The van der Waals surface area contributed by atoms with Crippen molar-refractivity contribution in [2.24, 2.45) is 5.92 Å². The topological polar surface area (TPSA) is 43.8 Å². The fourth-order valence-electron chi connectivity index (χ4n) is 1.63. The van der Waals surface area contributed by atoms with Gasteiger partial charge in [-0.3, -0.25) is 0 Å². The fraction of sp³-hybridized carbons (Fsp3) is 0.667. The van der Waals surface area contributed by atoms with E-state index in [1.807, 2.05) is 11.6 Å². The molecule has 1 aliphatic rings. The molecule has 1 fully saturated rings. The van der Waals surface area contributed by atoms with Crippen molar-refractivity contribution in [2.45, 2.75) is 32.7 Å². The van der Waals surface area contributed by atoms with Crippen molar-refractivity contribution in [1.82, 2.24) is 9.78 Å². The Labute approximate surface area is 91.8 Å². The Bertz CT molecular complexity index is 328. The molecule has 0 aromatic carbocycles. The van der Waals surface area contributed by atoms with Gasteiger partial charge >= 0.3 is 0 Å². The minimum Gasteiger partial charge on any atom is -0.383 e. The molecule has 1 heterocycles. The lowest BCUT2D eigenvalue weighted by Gasteiger charge is -2.12. The number of aromatic nitrogens is 2. The zero-order valence-electron chi connectivity index (χ0n) is 7.92. The first-order valence-electron chi connectivity index (χ1n) is 4.61. The maximum Gasteiger partial charge on any atom is 0.135 e. The third-order valence-electron chi connectivity index (χ3n) is 2.74. The number of halogens is 1. The highest BCUT2D eigenvalue weighted by molar-refractivity contribution is 14.1. The average molecular weight is 291 g/mol. The Hall–Kier alpha value is -0.260. The van der Waals surface area contributed by atoms with Crippen molar-refractivity contribution in [1.29, 1.82) is 0 Å². The van der Waals surface area contributed by atoms with E-state index in [0.717, 1.165) is 21.0 Å². The molecule has 2 N–H and O–H groups in total. The predicted octanol–water partition coefficient (Wildman–Crippen LogP) is 2.35. The van der Waals surface area contributed by atoms with Crippen LogP contribution in [-0.4, -0.2) is 9.78 Å². The molecule has 1 aromatic rings. The Morgan fingerprint density at radius 3 is 2.62 bits per heavy atom. The standard InChI is InChI=1S/C9H14IN3/c1-5-8(10)9(11)13(12-5)6(2)7-3-4-7/h6-7H,3-4,11H2,1-2H3. The molecule has 0 amide bonds. The summed E-state index contributed by atoms with van der Waals surface area (Å²) in [5, 5.41) is 4.46. The van der Waals surface area contributed by atoms with Crippen LogP contribution in [0.2, 0.25) is 0 Å². The number of hydrogen-bond acceptors (Lipinski definition) is 2. The van der Waals surface area contributed by atoms with Gasteiger partial charge in [0.1, 0.15) is 5.82 Å². The van der Waals surface area contributed by atoms with Crippen molar-refractivity contribution < 1.29 is 0 Å². The van der Waals surface area contributed by atoms with Gasteiger partial charge < -0.3 is 5.73 Å². The minimum absolute atomic E-state index is 0.474. The van der Waals surface area contributed by atoms with E-state index in [9.17, 15) is 0 Å². The van der Waals surface area contributed by atoms with Crippen molar-refractivity contribution in [3.05, 3.63) is 9.26 Å². The molecule has 0 spiro atoms. The Balaban J connectivity index is 2.33. The molecule has 0 aliphatic heterocycles. The zero-order valence-corrected chi connectivity index (χ0v) is 10.1. The number of nitrogen functional groups attached to an aromatic ring is 1. The average Bonchev–Trinajstić information content (AvgIpc) is 2.89. The van der Waals surface area contributed by atoms with Gasteiger partial charge in [0.05, 0.1) is 15.3 Å². The van der Waals surface area contributed by atoms with E-state index in [2.05, 4.69) is 34.6 Å². The molecule has 1 aliphatic carbocycles. The van der Waals surface area contributed by atoms with Crippen LogP contribution >= 0.6 is 22.6 Å². The second-order valence-corrected chi connectivity index (χ2v) is 4.89. The Kier molecular flexibility index (Phi) is 2.25. The summed E-state index contributed by atoms with van der Waals surface area (Å²) < 4.78 is 3.08. The van der Waals surface area contributed by atoms with Crippen molar-refractivity contribution in [3.8, 4) is 0 Å². The van der Waals surface area contributed by atoms with Gasteiger partial charge in [0.2, 0.25) is 0 Å². The van der Waals surface area contributed by atoms with Crippen LogP contribution < -0.4 is 5.73 Å². The predicted molar refractivity (Wildman–Crippen MR) is 61.5 cm³/mol. The molecule has 72 valence electrons. The highest BCUT2D eigenvalue weighted by atomic mass is 127.